The highest BCUT2D eigenvalue weighted by molar-refractivity contribution is 6.26. The lowest BCUT2D eigenvalue weighted by Gasteiger charge is -2.27. The smallest absolute Gasteiger partial charge is 0.264 e. The van der Waals surface area contributed by atoms with Crippen LogP contribution in [-0.4, -0.2) is 186 Å². The zero-order valence-electron chi connectivity index (χ0n) is 35.1. The average Bonchev–Trinajstić information content (AvgIpc) is 3.49. The van der Waals surface area contributed by atoms with Gasteiger partial charge in [0, 0.05) is 26.1 Å². The summed E-state index contributed by atoms with van der Waals surface area (Å²) >= 11 is 0. The molecule has 0 aromatic heterocycles. The topological polar surface area (TPSA) is 214 Å². The average molecular weight is 856 g/mol. The van der Waals surface area contributed by atoms with E-state index < -0.39 is 29.7 Å². The van der Waals surface area contributed by atoms with Crippen LogP contribution in [0.15, 0.2) is 18.2 Å². The van der Waals surface area contributed by atoms with Gasteiger partial charge >= 0.3 is 0 Å². The molecule has 1 saturated heterocycles. The van der Waals surface area contributed by atoms with Gasteiger partial charge in [0.15, 0.2) is 0 Å². The number of ether oxygens (including phenoxy) is 11. The Labute approximate surface area is 352 Å². The maximum Gasteiger partial charge on any atom is 0.264 e. The number of anilines is 1. The lowest BCUT2D eigenvalue weighted by atomic mass is 10.0. The molecule has 1 unspecified atom stereocenters. The second-order valence-electron chi connectivity index (χ2n) is 13.4. The van der Waals surface area contributed by atoms with Crippen molar-refractivity contribution in [3.63, 3.8) is 0 Å². The Kier molecular flexibility index (Phi) is 28.1. The summed E-state index contributed by atoms with van der Waals surface area (Å²) in [6, 6.07) is 3.53. The van der Waals surface area contributed by atoms with E-state index in [1.807, 2.05) is 6.92 Å². The van der Waals surface area contributed by atoms with Gasteiger partial charge in [0.05, 0.1) is 149 Å². The van der Waals surface area contributed by atoms with Gasteiger partial charge < -0.3 is 57.4 Å². The molecule has 2 aliphatic heterocycles. The number of carbonyl (C=O) groups excluding carboxylic acids is 5. The minimum Gasteiger partial charge on any atom is -0.379 e. The van der Waals surface area contributed by atoms with Crippen LogP contribution in [0, 0.1) is 0 Å². The van der Waals surface area contributed by atoms with Crippen LogP contribution in [0.4, 0.5) is 5.69 Å². The molecule has 3 rings (SSSR count). The molecule has 0 spiro atoms. The third-order valence-electron chi connectivity index (χ3n) is 8.86. The number of hydrogen-bond donors (Lipinski definition) is 2. The summed E-state index contributed by atoms with van der Waals surface area (Å²) in [6.07, 6.45) is 2.45. The van der Waals surface area contributed by atoms with Gasteiger partial charge in [0.25, 0.3) is 11.8 Å². The molecule has 2 heterocycles. The number of hydrogen-bond acceptors (Lipinski definition) is 16. The van der Waals surface area contributed by atoms with Crippen LogP contribution in [0.1, 0.15) is 66.2 Å². The van der Waals surface area contributed by atoms with Crippen molar-refractivity contribution in [2.24, 2.45) is 0 Å². The monoisotopic (exact) mass is 855 g/mol. The zero-order chi connectivity index (χ0) is 42.9. The number of imide groups is 2. The van der Waals surface area contributed by atoms with Crippen molar-refractivity contribution in [3.05, 3.63) is 29.3 Å². The van der Waals surface area contributed by atoms with Crippen molar-refractivity contribution in [1.82, 2.24) is 10.2 Å². The van der Waals surface area contributed by atoms with Crippen LogP contribution in [-0.2, 0) is 66.5 Å². The number of nitrogens with zero attached hydrogens (tertiary/aromatic N) is 1. The second-order valence-corrected chi connectivity index (χ2v) is 13.4. The van der Waals surface area contributed by atoms with Crippen LogP contribution in [0.25, 0.3) is 0 Å². The summed E-state index contributed by atoms with van der Waals surface area (Å²) in [5, 5.41) is 4.91. The van der Waals surface area contributed by atoms with Crippen molar-refractivity contribution in [2.75, 3.05) is 151 Å². The van der Waals surface area contributed by atoms with Gasteiger partial charge in [-0.05, 0) is 38.3 Å². The molecule has 1 aromatic rings. The Hall–Kier alpha value is -3.47. The van der Waals surface area contributed by atoms with Gasteiger partial charge in [-0.3, -0.25) is 34.2 Å². The van der Waals surface area contributed by atoms with Gasteiger partial charge in [0.1, 0.15) is 6.04 Å². The molecule has 19 heteroatoms. The third-order valence-corrected chi connectivity index (χ3v) is 8.86. The first-order valence-corrected chi connectivity index (χ1v) is 20.9. The van der Waals surface area contributed by atoms with Gasteiger partial charge in [0.2, 0.25) is 17.7 Å². The predicted octanol–water partition coefficient (Wildman–Crippen LogP) is 1.79. The molecule has 2 N–H and O–H groups in total. The standard InChI is InChI=1S/C41H65N3O16/c1-2-50-13-14-52-17-18-54-21-22-56-25-26-58-29-30-60-32-31-59-28-27-57-24-23-55-20-19-53-16-15-51-12-5-3-4-9-36(45)42-34-8-6-7-33-38(34)41(49)44(40(33)48)35-10-11-37(46)43-39(35)47/h6-8,35H,2-5,9-32H2,1H3,(H,42,45)(H,43,46,47). The zero-order valence-corrected chi connectivity index (χ0v) is 35.1. The third kappa shape index (κ3) is 21.4. The predicted molar refractivity (Wildman–Crippen MR) is 215 cm³/mol. The molecule has 0 radical (unpaired) electrons. The van der Waals surface area contributed by atoms with E-state index in [0.717, 1.165) is 17.7 Å². The minimum absolute atomic E-state index is 0.0278. The summed E-state index contributed by atoms with van der Waals surface area (Å²) in [6.45, 7) is 13.1. The lowest BCUT2D eigenvalue weighted by Crippen LogP contribution is -2.54. The molecular formula is C41H65N3O16. The molecule has 0 bridgehead atoms. The normalized spacial score (nSPS) is 15.2. The highest BCUT2D eigenvalue weighted by Crippen LogP contribution is 2.32. The van der Waals surface area contributed by atoms with Gasteiger partial charge in [-0.25, -0.2) is 0 Å². The Bertz CT molecular complexity index is 1390. The van der Waals surface area contributed by atoms with Crippen LogP contribution < -0.4 is 10.6 Å². The SMILES string of the molecule is CCOCCOCCOCCOCCOCCOCCOCCOCCOCCOCCOCCCCCC(=O)Nc1cccc2c1C(=O)N(C1CCC(=O)NC1=O)C2=O. The first-order chi connectivity index (χ1) is 29.4. The molecule has 2 aliphatic rings. The van der Waals surface area contributed by atoms with Crippen LogP contribution in [0.2, 0.25) is 0 Å². The number of unbranched alkanes of at least 4 members (excludes halogenated alkanes) is 2. The number of nitrogens with one attached hydrogen (secondary N) is 2. The summed E-state index contributed by atoms with van der Waals surface area (Å²) < 4.78 is 60.0. The maximum atomic E-state index is 13.2. The molecule has 0 saturated carbocycles. The fourth-order valence-corrected chi connectivity index (χ4v) is 5.84. The van der Waals surface area contributed by atoms with Crippen molar-refractivity contribution in [2.45, 2.75) is 51.5 Å². The van der Waals surface area contributed by atoms with Crippen LogP contribution >= 0.6 is 0 Å². The van der Waals surface area contributed by atoms with E-state index in [1.165, 1.54) is 6.07 Å². The molecule has 60 heavy (non-hydrogen) atoms. The number of amides is 5. The highest BCUT2D eigenvalue weighted by atomic mass is 16.6. The molecule has 19 nitrogen and oxygen atoms in total. The van der Waals surface area contributed by atoms with E-state index in [-0.39, 0.29) is 42.0 Å². The summed E-state index contributed by atoms with van der Waals surface area (Å²) in [7, 11) is 0. The molecule has 1 fully saturated rings. The fraction of sp³-hybridized carbons (Fsp3) is 0.732. The van der Waals surface area contributed by atoms with Gasteiger partial charge in [-0.15, -0.1) is 0 Å². The van der Waals surface area contributed by atoms with E-state index in [0.29, 0.717) is 152 Å². The van der Waals surface area contributed by atoms with E-state index in [9.17, 15) is 24.0 Å². The number of piperidine rings is 1. The minimum atomic E-state index is -1.07. The first kappa shape index (κ1) is 50.9. The van der Waals surface area contributed by atoms with Gasteiger partial charge in [-0.2, -0.15) is 0 Å². The number of rotatable bonds is 39. The van der Waals surface area contributed by atoms with Crippen LogP contribution in [0.5, 0.6) is 0 Å². The van der Waals surface area contributed by atoms with Crippen molar-refractivity contribution in [3.8, 4) is 0 Å². The van der Waals surface area contributed by atoms with E-state index in [4.69, 9.17) is 52.1 Å². The summed E-state index contributed by atoms with van der Waals surface area (Å²) in [5.74, 6) is -2.72. The molecule has 0 aliphatic carbocycles. The molecule has 1 atom stereocenters. The fourth-order valence-electron chi connectivity index (χ4n) is 5.84. The van der Waals surface area contributed by atoms with Crippen LogP contribution in [0.3, 0.4) is 0 Å². The van der Waals surface area contributed by atoms with E-state index >= 15 is 0 Å². The highest BCUT2D eigenvalue weighted by Gasteiger charge is 2.45. The van der Waals surface area contributed by atoms with Crippen molar-refractivity contribution >= 4 is 35.2 Å². The number of benzene rings is 1. The Balaban J connectivity index is 1.00. The summed E-state index contributed by atoms with van der Waals surface area (Å²) in [5.41, 5.74) is 0.381. The quantitative estimate of drug-likeness (QED) is 0.0714. The Morgan fingerprint density at radius 2 is 1.02 bits per heavy atom. The van der Waals surface area contributed by atoms with Crippen molar-refractivity contribution in [1.29, 1.82) is 0 Å². The number of fused-ring (bicyclic) bond motifs is 1. The summed E-state index contributed by atoms with van der Waals surface area (Å²) in [4.78, 5) is 63.6. The molecule has 340 valence electrons. The largest absolute Gasteiger partial charge is 0.379 e. The Morgan fingerprint density at radius 3 is 1.45 bits per heavy atom. The molecule has 1 aromatic carbocycles. The molecule has 5 amide bonds. The van der Waals surface area contributed by atoms with E-state index in [1.54, 1.807) is 12.1 Å². The van der Waals surface area contributed by atoms with E-state index in [2.05, 4.69) is 10.6 Å². The maximum absolute atomic E-state index is 13.2. The first-order valence-electron chi connectivity index (χ1n) is 20.9. The van der Waals surface area contributed by atoms with Crippen molar-refractivity contribution < 1.29 is 76.1 Å². The second kappa shape index (κ2) is 33.2. The Morgan fingerprint density at radius 1 is 0.583 bits per heavy atom. The lowest BCUT2D eigenvalue weighted by molar-refractivity contribution is -0.136. The number of carbonyl (C=O) groups is 5. The van der Waals surface area contributed by atoms with Gasteiger partial charge in [-0.1, -0.05) is 12.5 Å². The molecular weight excluding hydrogens is 790 g/mol.